The monoisotopic (exact) mass is 200 g/mol. The van der Waals surface area contributed by atoms with Crippen molar-refractivity contribution in [1.82, 2.24) is 9.80 Å². The summed E-state index contributed by atoms with van der Waals surface area (Å²) >= 11 is 0. The molecular weight excluding hydrogens is 176 g/mol. The molecule has 0 saturated carbocycles. The maximum atomic E-state index is 9.33. The molecule has 0 aromatic carbocycles. The van der Waals surface area contributed by atoms with Crippen LogP contribution in [-0.2, 0) is 0 Å². The Labute approximate surface area is 87.7 Å². The number of nitrogens with zero attached hydrogens (tertiary/aromatic N) is 2. The van der Waals surface area contributed by atoms with Crippen LogP contribution in [0.3, 0.4) is 0 Å². The van der Waals surface area contributed by atoms with E-state index < -0.39 is 0 Å². The van der Waals surface area contributed by atoms with Crippen LogP contribution in [0, 0.1) is 0 Å². The molecule has 1 aliphatic rings. The van der Waals surface area contributed by atoms with Gasteiger partial charge >= 0.3 is 0 Å². The van der Waals surface area contributed by atoms with Gasteiger partial charge < -0.3 is 5.11 Å². The number of rotatable bonds is 2. The quantitative estimate of drug-likeness (QED) is 0.713. The van der Waals surface area contributed by atoms with E-state index in [-0.39, 0.29) is 12.1 Å². The first-order chi connectivity index (χ1) is 6.38. The molecule has 3 nitrogen and oxygen atoms in total. The zero-order chi connectivity index (χ0) is 10.9. The smallest absolute Gasteiger partial charge is 0.0610 e. The van der Waals surface area contributed by atoms with Crippen molar-refractivity contribution in [2.24, 2.45) is 0 Å². The molecule has 1 heterocycles. The molecule has 3 heteroatoms. The van der Waals surface area contributed by atoms with Gasteiger partial charge in [-0.25, -0.2) is 0 Å². The second kappa shape index (κ2) is 4.17. The molecule has 0 aliphatic carbocycles. The van der Waals surface area contributed by atoms with Crippen LogP contribution in [0.4, 0.5) is 0 Å². The van der Waals surface area contributed by atoms with E-state index in [4.69, 9.17) is 0 Å². The first kappa shape index (κ1) is 12.0. The van der Waals surface area contributed by atoms with E-state index in [1.54, 1.807) is 0 Å². The highest BCUT2D eigenvalue weighted by Crippen LogP contribution is 2.21. The second-order valence-electron chi connectivity index (χ2n) is 5.24. The summed E-state index contributed by atoms with van der Waals surface area (Å²) in [6, 6.07) is 1.15. The summed E-state index contributed by atoms with van der Waals surface area (Å²) in [5, 5.41) is 9.33. The SMILES string of the molecule is C[C@@H]1CN(C(C)(C)CO)C[C@H](C)N1C. The Morgan fingerprint density at radius 2 is 1.64 bits per heavy atom. The molecule has 84 valence electrons. The van der Waals surface area contributed by atoms with Gasteiger partial charge in [0.15, 0.2) is 0 Å². The fourth-order valence-corrected chi connectivity index (χ4v) is 2.00. The lowest BCUT2D eigenvalue weighted by atomic mass is 9.99. The van der Waals surface area contributed by atoms with Crippen molar-refractivity contribution in [3.8, 4) is 0 Å². The predicted octanol–water partition coefficient (Wildman–Crippen LogP) is 0.782. The fourth-order valence-electron chi connectivity index (χ4n) is 2.00. The minimum absolute atomic E-state index is 0.0796. The molecule has 0 aromatic rings. The van der Waals surface area contributed by atoms with E-state index in [9.17, 15) is 5.11 Å². The lowest BCUT2D eigenvalue weighted by molar-refractivity contribution is -0.0210. The third-order valence-electron chi connectivity index (χ3n) is 3.60. The summed E-state index contributed by atoms with van der Waals surface area (Å²) < 4.78 is 0. The first-order valence-electron chi connectivity index (χ1n) is 5.46. The standard InChI is InChI=1S/C11H24N2O/c1-9-6-13(11(3,4)8-14)7-10(2)12(9)5/h9-10,14H,6-8H2,1-5H3/t9-,10+. The molecule has 0 spiro atoms. The predicted molar refractivity (Wildman–Crippen MR) is 59.4 cm³/mol. The van der Waals surface area contributed by atoms with Crippen molar-refractivity contribution >= 4 is 0 Å². The Balaban J connectivity index is 2.66. The zero-order valence-electron chi connectivity index (χ0n) is 10.1. The van der Waals surface area contributed by atoms with Gasteiger partial charge in [-0.2, -0.15) is 0 Å². The third-order valence-corrected chi connectivity index (χ3v) is 3.60. The van der Waals surface area contributed by atoms with Crippen LogP contribution in [0.15, 0.2) is 0 Å². The van der Waals surface area contributed by atoms with Gasteiger partial charge in [0, 0.05) is 30.7 Å². The number of hydrogen-bond donors (Lipinski definition) is 1. The van der Waals surface area contributed by atoms with Crippen LogP contribution in [0.1, 0.15) is 27.7 Å². The van der Waals surface area contributed by atoms with Crippen molar-refractivity contribution in [3.05, 3.63) is 0 Å². The van der Waals surface area contributed by atoms with Gasteiger partial charge in [0.25, 0.3) is 0 Å². The molecule has 0 amide bonds. The molecule has 1 aliphatic heterocycles. The van der Waals surface area contributed by atoms with E-state index in [0.29, 0.717) is 12.1 Å². The number of aliphatic hydroxyl groups is 1. The van der Waals surface area contributed by atoms with E-state index in [0.717, 1.165) is 13.1 Å². The highest BCUT2D eigenvalue weighted by atomic mass is 16.3. The van der Waals surface area contributed by atoms with E-state index in [1.165, 1.54) is 0 Å². The largest absolute Gasteiger partial charge is 0.394 e. The summed E-state index contributed by atoms with van der Waals surface area (Å²) in [5.74, 6) is 0. The fraction of sp³-hybridized carbons (Fsp3) is 1.00. The lowest BCUT2D eigenvalue weighted by Gasteiger charge is -2.48. The van der Waals surface area contributed by atoms with Gasteiger partial charge in [0.05, 0.1) is 6.61 Å². The Morgan fingerprint density at radius 1 is 1.21 bits per heavy atom. The second-order valence-corrected chi connectivity index (χ2v) is 5.24. The third kappa shape index (κ3) is 2.27. The minimum Gasteiger partial charge on any atom is -0.394 e. The normalized spacial score (nSPS) is 32.1. The maximum absolute atomic E-state index is 9.33. The van der Waals surface area contributed by atoms with Gasteiger partial charge in [0.1, 0.15) is 0 Å². The van der Waals surface area contributed by atoms with Crippen molar-refractivity contribution in [3.63, 3.8) is 0 Å². The number of hydrogen-bond acceptors (Lipinski definition) is 3. The van der Waals surface area contributed by atoms with Gasteiger partial charge in [-0.15, -0.1) is 0 Å². The number of likely N-dealkylation sites (N-methyl/N-ethyl adjacent to an activating group) is 1. The summed E-state index contributed by atoms with van der Waals surface area (Å²) in [6.45, 7) is 11.0. The van der Waals surface area contributed by atoms with Gasteiger partial charge in [-0.1, -0.05) is 0 Å². The van der Waals surface area contributed by atoms with Crippen LogP contribution < -0.4 is 0 Å². The van der Waals surface area contributed by atoms with E-state index >= 15 is 0 Å². The van der Waals surface area contributed by atoms with Crippen molar-refractivity contribution < 1.29 is 5.11 Å². The van der Waals surface area contributed by atoms with Crippen molar-refractivity contribution in [2.45, 2.75) is 45.3 Å². The molecule has 1 N–H and O–H groups in total. The van der Waals surface area contributed by atoms with Crippen LogP contribution >= 0.6 is 0 Å². The van der Waals surface area contributed by atoms with Gasteiger partial charge in [-0.05, 0) is 34.7 Å². The summed E-state index contributed by atoms with van der Waals surface area (Å²) in [5.41, 5.74) is -0.0796. The molecular formula is C11H24N2O. The first-order valence-corrected chi connectivity index (χ1v) is 5.46. The molecule has 2 atom stereocenters. The molecule has 1 fully saturated rings. The van der Waals surface area contributed by atoms with Crippen LogP contribution in [0.5, 0.6) is 0 Å². The highest BCUT2D eigenvalue weighted by molar-refractivity contribution is 4.90. The number of piperazine rings is 1. The van der Waals surface area contributed by atoms with Crippen molar-refractivity contribution in [1.29, 1.82) is 0 Å². The molecule has 0 bridgehead atoms. The summed E-state index contributed by atoms with van der Waals surface area (Å²) in [4.78, 5) is 4.80. The molecule has 0 radical (unpaired) electrons. The van der Waals surface area contributed by atoms with Crippen molar-refractivity contribution in [2.75, 3.05) is 26.7 Å². The molecule has 14 heavy (non-hydrogen) atoms. The Morgan fingerprint density at radius 3 is 2.00 bits per heavy atom. The molecule has 0 aromatic heterocycles. The molecule has 1 saturated heterocycles. The minimum atomic E-state index is -0.0796. The molecule has 1 rings (SSSR count). The summed E-state index contributed by atoms with van der Waals surface area (Å²) in [6.07, 6.45) is 0. The lowest BCUT2D eigenvalue weighted by Crippen LogP contribution is -2.61. The Bertz CT molecular complexity index is 182. The zero-order valence-corrected chi connectivity index (χ0v) is 10.1. The van der Waals surface area contributed by atoms with Crippen LogP contribution in [0.25, 0.3) is 0 Å². The van der Waals surface area contributed by atoms with Crippen LogP contribution in [-0.4, -0.2) is 59.3 Å². The topological polar surface area (TPSA) is 26.7 Å². The van der Waals surface area contributed by atoms with E-state index in [1.807, 2.05) is 0 Å². The average Bonchev–Trinajstić information content (AvgIpc) is 2.13. The maximum Gasteiger partial charge on any atom is 0.0610 e. The Hall–Kier alpha value is -0.120. The van der Waals surface area contributed by atoms with Gasteiger partial charge in [-0.3, -0.25) is 9.80 Å². The van der Waals surface area contributed by atoms with Crippen LogP contribution in [0.2, 0.25) is 0 Å². The Kier molecular flexibility index (Phi) is 3.56. The average molecular weight is 200 g/mol. The number of aliphatic hydroxyl groups excluding tert-OH is 1. The van der Waals surface area contributed by atoms with Gasteiger partial charge in [0.2, 0.25) is 0 Å². The highest BCUT2D eigenvalue weighted by Gasteiger charge is 2.34. The van der Waals surface area contributed by atoms with E-state index in [2.05, 4.69) is 44.5 Å². The molecule has 0 unspecified atom stereocenters. The summed E-state index contributed by atoms with van der Waals surface area (Å²) in [7, 11) is 2.18.